The molecular formula is C55H36N4O. The summed E-state index contributed by atoms with van der Waals surface area (Å²) in [5.41, 5.74) is 11.8. The predicted octanol–water partition coefficient (Wildman–Crippen LogP) is 14.7. The molecule has 5 heteroatoms. The highest BCUT2D eigenvalue weighted by Crippen LogP contribution is 2.49. The van der Waals surface area contributed by atoms with Crippen molar-refractivity contribution in [3.8, 4) is 56.4 Å². The summed E-state index contributed by atoms with van der Waals surface area (Å²) >= 11 is 0. The summed E-state index contributed by atoms with van der Waals surface area (Å²) in [6.45, 7) is 0. The Morgan fingerprint density at radius 2 is 0.850 bits per heavy atom. The second-order valence-electron chi connectivity index (χ2n) is 14.8. The fourth-order valence-corrected chi connectivity index (χ4v) is 8.20. The zero-order chi connectivity index (χ0) is 39.8. The largest absolute Gasteiger partial charge is 0.454 e. The number of nitrogens with zero attached hydrogens (tertiary/aromatic N) is 4. The van der Waals surface area contributed by atoms with Gasteiger partial charge in [-0.1, -0.05) is 182 Å². The molecular weight excluding hydrogens is 733 g/mol. The molecule has 9 aromatic carbocycles. The van der Waals surface area contributed by atoms with Gasteiger partial charge in [-0.15, -0.1) is 0 Å². The molecule has 0 saturated carbocycles. The highest BCUT2D eigenvalue weighted by Gasteiger charge is 2.25. The third-order valence-electron chi connectivity index (χ3n) is 11.1. The second kappa shape index (κ2) is 15.0. The third kappa shape index (κ3) is 6.35. The van der Waals surface area contributed by atoms with Crippen molar-refractivity contribution < 1.29 is 4.42 Å². The minimum Gasteiger partial charge on any atom is -0.454 e. The summed E-state index contributed by atoms with van der Waals surface area (Å²) in [5, 5.41) is 4.24. The maximum Gasteiger partial charge on any atom is 0.164 e. The van der Waals surface area contributed by atoms with Gasteiger partial charge >= 0.3 is 0 Å². The van der Waals surface area contributed by atoms with E-state index in [1.54, 1.807) is 0 Å². The SMILES string of the molecule is c1ccc(-c2ccc(N(c3ccccc3-c3ccccc3)c3c4ccccc4cc4c3oc3cc(-c5nc(-c6ccccc6)nc(-c6ccccc6)n5)ccc34)cc2)cc1. The number of aromatic nitrogens is 3. The van der Waals surface area contributed by atoms with Crippen LogP contribution >= 0.6 is 0 Å². The van der Waals surface area contributed by atoms with E-state index in [0.717, 1.165) is 83.2 Å². The zero-order valence-corrected chi connectivity index (χ0v) is 32.5. The van der Waals surface area contributed by atoms with Crippen LogP contribution in [-0.4, -0.2) is 15.0 Å². The summed E-state index contributed by atoms with van der Waals surface area (Å²) in [5.74, 6) is 1.81. The number of benzene rings is 9. The topological polar surface area (TPSA) is 55.1 Å². The number of furan rings is 1. The minimum absolute atomic E-state index is 0.576. The molecule has 0 aliphatic rings. The summed E-state index contributed by atoms with van der Waals surface area (Å²) < 4.78 is 7.13. The quantitative estimate of drug-likeness (QED) is 0.154. The maximum absolute atomic E-state index is 7.13. The van der Waals surface area contributed by atoms with Gasteiger partial charge in [-0.3, -0.25) is 0 Å². The molecule has 0 amide bonds. The number of hydrogen-bond acceptors (Lipinski definition) is 5. The molecule has 60 heavy (non-hydrogen) atoms. The molecule has 0 saturated heterocycles. The maximum atomic E-state index is 7.13. The molecule has 0 spiro atoms. The van der Waals surface area contributed by atoms with E-state index in [9.17, 15) is 0 Å². The van der Waals surface area contributed by atoms with Crippen molar-refractivity contribution >= 4 is 49.8 Å². The Morgan fingerprint density at radius 1 is 0.350 bits per heavy atom. The molecule has 2 heterocycles. The number of rotatable bonds is 8. The number of fused-ring (bicyclic) bond motifs is 4. The van der Waals surface area contributed by atoms with Gasteiger partial charge in [0.2, 0.25) is 0 Å². The van der Waals surface area contributed by atoms with E-state index in [-0.39, 0.29) is 0 Å². The van der Waals surface area contributed by atoms with Gasteiger partial charge in [0, 0.05) is 44.1 Å². The van der Waals surface area contributed by atoms with E-state index in [2.05, 4.69) is 163 Å². The van der Waals surface area contributed by atoms with Gasteiger partial charge in [-0.2, -0.15) is 0 Å². The first-order valence-electron chi connectivity index (χ1n) is 20.1. The first-order valence-corrected chi connectivity index (χ1v) is 20.1. The molecule has 0 bridgehead atoms. The molecule has 11 rings (SSSR count). The van der Waals surface area contributed by atoms with E-state index in [1.165, 1.54) is 5.56 Å². The third-order valence-corrected chi connectivity index (χ3v) is 11.1. The molecule has 2 aromatic heterocycles. The fraction of sp³-hybridized carbons (Fsp3) is 0. The van der Waals surface area contributed by atoms with Crippen LogP contribution in [0.2, 0.25) is 0 Å². The lowest BCUT2D eigenvalue weighted by Gasteiger charge is -2.29. The van der Waals surface area contributed by atoms with Crippen molar-refractivity contribution in [3.63, 3.8) is 0 Å². The smallest absolute Gasteiger partial charge is 0.164 e. The van der Waals surface area contributed by atoms with E-state index < -0.39 is 0 Å². The van der Waals surface area contributed by atoms with Crippen molar-refractivity contribution in [2.75, 3.05) is 4.90 Å². The second-order valence-corrected chi connectivity index (χ2v) is 14.8. The highest BCUT2D eigenvalue weighted by atomic mass is 16.3. The standard InChI is InChI=1S/C55H36N4O/c1-5-17-37(18-6-1)38-29-32-44(33-30-38)59(49-28-16-15-26-45(49)39-19-7-2-8-20-39)51-46-27-14-13-25-42(46)35-48-47-34-31-43(36-50(47)60-52(48)51)55-57-53(40-21-9-3-10-22-40)56-54(58-55)41-23-11-4-12-24-41/h1-36H. The Kier molecular flexibility index (Phi) is 8.75. The Balaban J connectivity index is 1.14. The monoisotopic (exact) mass is 768 g/mol. The molecule has 0 radical (unpaired) electrons. The van der Waals surface area contributed by atoms with E-state index in [1.807, 2.05) is 60.7 Å². The molecule has 0 atom stereocenters. The molecule has 5 nitrogen and oxygen atoms in total. The molecule has 0 N–H and O–H groups in total. The zero-order valence-electron chi connectivity index (χ0n) is 32.5. The van der Waals surface area contributed by atoms with Crippen LogP contribution in [0.4, 0.5) is 17.1 Å². The van der Waals surface area contributed by atoms with E-state index in [0.29, 0.717) is 17.5 Å². The van der Waals surface area contributed by atoms with Gasteiger partial charge in [0.25, 0.3) is 0 Å². The van der Waals surface area contributed by atoms with Crippen LogP contribution in [0.15, 0.2) is 223 Å². The Hall–Kier alpha value is -8.15. The average molecular weight is 769 g/mol. The summed E-state index contributed by atoms with van der Waals surface area (Å²) in [6.07, 6.45) is 0. The highest BCUT2D eigenvalue weighted by molar-refractivity contribution is 6.20. The van der Waals surface area contributed by atoms with Crippen molar-refractivity contribution in [2.24, 2.45) is 0 Å². The van der Waals surface area contributed by atoms with E-state index >= 15 is 0 Å². The van der Waals surface area contributed by atoms with Crippen molar-refractivity contribution in [1.82, 2.24) is 15.0 Å². The Labute approximate surface area is 347 Å². The lowest BCUT2D eigenvalue weighted by molar-refractivity contribution is 0.669. The predicted molar refractivity (Wildman–Crippen MR) is 246 cm³/mol. The molecule has 0 unspecified atom stereocenters. The molecule has 0 aliphatic heterocycles. The van der Waals surface area contributed by atoms with Gasteiger partial charge < -0.3 is 9.32 Å². The normalized spacial score (nSPS) is 11.3. The fourth-order valence-electron chi connectivity index (χ4n) is 8.20. The molecule has 282 valence electrons. The van der Waals surface area contributed by atoms with Crippen LogP contribution in [0.3, 0.4) is 0 Å². The summed E-state index contributed by atoms with van der Waals surface area (Å²) in [7, 11) is 0. The minimum atomic E-state index is 0.576. The lowest BCUT2D eigenvalue weighted by atomic mass is 9.98. The summed E-state index contributed by atoms with van der Waals surface area (Å²) in [6, 6.07) is 75.8. The van der Waals surface area contributed by atoms with Gasteiger partial charge in [0.15, 0.2) is 23.1 Å². The number of hydrogen-bond donors (Lipinski definition) is 0. The Morgan fingerprint density at radius 3 is 1.50 bits per heavy atom. The Bertz CT molecular complexity index is 3240. The van der Waals surface area contributed by atoms with Crippen LogP contribution in [0.25, 0.3) is 89.1 Å². The first kappa shape index (κ1) is 35.0. The van der Waals surface area contributed by atoms with Crippen LogP contribution in [0, 0.1) is 0 Å². The van der Waals surface area contributed by atoms with Crippen LogP contribution < -0.4 is 4.90 Å². The van der Waals surface area contributed by atoms with Crippen molar-refractivity contribution in [2.45, 2.75) is 0 Å². The van der Waals surface area contributed by atoms with Gasteiger partial charge in [-0.05, 0) is 58.5 Å². The molecule has 0 aliphatic carbocycles. The van der Waals surface area contributed by atoms with Gasteiger partial charge in [0.1, 0.15) is 5.58 Å². The number of anilines is 3. The summed E-state index contributed by atoms with van der Waals surface area (Å²) in [4.78, 5) is 17.3. The van der Waals surface area contributed by atoms with Crippen LogP contribution in [0.1, 0.15) is 0 Å². The van der Waals surface area contributed by atoms with E-state index in [4.69, 9.17) is 19.4 Å². The van der Waals surface area contributed by atoms with Crippen LogP contribution in [0.5, 0.6) is 0 Å². The van der Waals surface area contributed by atoms with Gasteiger partial charge in [0.05, 0.1) is 11.4 Å². The number of para-hydroxylation sites is 1. The molecule has 0 fully saturated rings. The first-order chi connectivity index (χ1) is 29.7. The molecule has 11 aromatic rings. The van der Waals surface area contributed by atoms with Gasteiger partial charge in [-0.25, -0.2) is 15.0 Å². The lowest BCUT2D eigenvalue weighted by Crippen LogP contribution is -2.12. The average Bonchev–Trinajstić information content (AvgIpc) is 3.70. The van der Waals surface area contributed by atoms with Crippen LogP contribution in [-0.2, 0) is 0 Å². The van der Waals surface area contributed by atoms with Crippen molar-refractivity contribution in [1.29, 1.82) is 0 Å². The van der Waals surface area contributed by atoms with Crippen molar-refractivity contribution in [3.05, 3.63) is 218 Å².